The van der Waals surface area contributed by atoms with Gasteiger partial charge in [0.25, 0.3) is 10.1 Å². The largest absolute Gasteiger partial charge is 0.382 e. The second-order valence-electron chi connectivity index (χ2n) is 7.98. The van der Waals surface area contributed by atoms with E-state index in [2.05, 4.69) is 25.9 Å². The second-order valence-corrected chi connectivity index (χ2v) is 9.40. The number of H-pyrrole nitrogens is 1. The van der Waals surface area contributed by atoms with E-state index in [1.165, 1.54) is 37.8 Å². The number of benzene rings is 2. The van der Waals surface area contributed by atoms with E-state index in [1.807, 2.05) is 38.1 Å². The second kappa shape index (κ2) is 10.5. The molecule has 1 aromatic heterocycles. The maximum atomic E-state index is 11.4. The van der Waals surface area contributed by atoms with E-state index >= 15 is 0 Å². The molecule has 2 aromatic carbocycles. The van der Waals surface area contributed by atoms with Crippen LogP contribution in [0, 0.1) is 0 Å². The minimum atomic E-state index is -4.07. The Bertz CT molecular complexity index is 1100. The van der Waals surface area contributed by atoms with Gasteiger partial charge in [0, 0.05) is 17.8 Å². The van der Waals surface area contributed by atoms with Crippen LogP contribution in [0.15, 0.2) is 53.4 Å². The van der Waals surface area contributed by atoms with Crippen molar-refractivity contribution in [1.29, 1.82) is 0 Å². The van der Waals surface area contributed by atoms with Crippen LogP contribution in [0.2, 0.25) is 0 Å². The molecule has 0 radical (unpaired) electrons. The van der Waals surface area contributed by atoms with Gasteiger partial charge in [0.15, 0.2) is 0 Å². The Hall–Kier alpha value is -3.11. The van der Waals surface area contributed by atoms with Gasteiger partial charge in [0.05, 0.1) is 15.9 Å². The number of rotatable bonds is 5. The maximum Gasteiger partial charge on any atom is 0.321 e. The molecule has 0 bridgehead atoms. The van der Waals surface area contributed by atoms with E-state index in [1.54, 1.807) is 12.1 Å². The fourth-order valence-electron chi connectivity index (χ4n) is 3.45. The van der Waals surface area contributed by atoms with Gasteiger partial charge in [0.2, 0.25) is 5.95 Å². The molecule has 1 aliphatic carbocycles. The standard InChI is InChI=1S/C11H14N4O.C11H15NO3S/c1-7(2)12-11(16)15-10-13-8-5-3-4-6-9(8)14-10;13-16(14,15)11-7-5-10(6-8-11)12-9-3-1-2-4-9/h3-7H,1-2H3,(H3,12,13,14,15,16);5-9,12H,1-4H2,(H,13,14,15). The van der Waals surface area contributed by atoms with Crippen molar-refractivity contribution in [2.24, 2.45) is 0 Å². The van der Waals surface area contributed by atoms with Crippen LogP contribution in [0.4, 0.5) is 16.4 Å². The third-order valence-corrected chi connectivity index (χ3v) is 5.79. The molecule has 2 amide bonds. The SMILES string of the molecule is CC(C)NC(=O)Nc1nc2ccccc2[nH]1.O=S(=O)(O)c1ccc(NC2CCCC2)cc1. The summed E-state index contributed by atoms with van der Waals surface area (Å²) < 4.78 is 30.5. The summed E-state index contributed by atoms with van der Waals surface area (Å²) >= 11 is 0. The molecule has 32 heavy (non-hydrogen) atoms. The molecule has 1 fully saturated rings. The topological polar surface area (TPSA) is 136 Å². The Morgan fingerprint density at radius 1 is 1.09 bits per heavy atom. The molecule has 1 saturated carbocycles. The number of nitrogens with one attached hydrogen (secondary N) is 4. The third-order valence-electron chi connectivity index (χ3n) is 4.92. The molecular formula is C22H29N5O4S. The number of hydrogen-bond donors (Lipinski definition) is 5. The van der Waals surface area contributed by atoms with Crippen molar-refractivity contribution < 1.29 is 17.8 Å². The average Bonchev–Trinajstić information content (AvgIpc) is 3.36. The normalized spacial score (nSPS) is 14.1. The number of imidazole rings is 1. The summed E-state index contributed by atoms with van der Waals surface area (Å²) in [5, 5.41) is 8.71. The summed E-state index contributed by atoms with van der Waals surface area (Å²) in [7, 11) is -4.07. The number of para-hydroxylation sites is 2. The molecule has 9 nitrogen and oxygen atoms in total. The molecule has 4 rings (SSSR count). The summed E-state index contributed by atoms with van der Waals surface area (Å²) in [5.74, 6) is 0.458. The van der Waals surface area contributed by atoms with E-state index in [-0.39, 0.29) is 17.0 Å². The first kappa shape index (κ1) is 23.6. The molecule has 0 spiro atoms. The molecule has 10 heteroatoms. The Balaban J connectivity index is 0.000000181. The minimum Gasteiger partial charge on any atom is -0.382 e. The number of carbonyl (C=O) groups excluding carboxylic acids is 1. The Labute approximate surface area is 187 Å². The molecule has 5 N–H and O–H groups in total. The van der Waals surface area contributed by atoms with Crippen molar-refractivity contribution >= 4 is 38.8 Å². The van der Waals surface area contributed by atoms with Gasteiger partial charge in [-0.3, -0.25) is 9.87 Å². The van der Waals surface area contributed by atoms with Gasteiger partial charge >= 0.3 is 6.03 Å². The number of fused-ring (bicyclic) bond motifs is 1. The Morgan fingerprint density at radius 2 is 1.75 bits per heavy atom. The van der Waals surface area contributed by atoms with Gasteiger partial charge in [0.1, 0.15) is 0 Å². The average molecular weight is 460 g/mol. The van der Waals surface area contributed by atoms with Crippen molar-refractivity contribution in [2.75, 3.05) is 10.6 Å². The van der Waals surface area contributed by atoms with Crippen molar-refractivity contribution in [1.82, 2.24) is 15.3 Å². The van der Waals surface area contributed by atoms with E-state index in [4.69, 9.17) is 4.55 Å². The summed E-state index contributed by atoms with van der Waals surface area (Å²) in [6.45, 7) is 3.80. The highest BCUT2D eigenvalue weighted by atomic mass is 32.2. The fraction of sp³-hybridized carbons (Fsp3) is 0.364. The fourth-order valence-corrected chi connectivity index (χ4v) is 3.93. The van der Waals surface area contributed by atoms with Gasteiger partial charge in [-0.1, -0.05) is 25.0 Å². The van der Waals surface area contributed by atoms with E-state index < -0.39 is 10.1 Å². The summed E-state index contributed by atoms with van der Waals surface area (Å²) in [4.78, 5) is 18.6. The van der Waals surface area contributed by atoms with Crippen LogP contribution in [-0.4, -0.2) is 41.1 Å². The predicted molar refractivity (Wildman–Crippen MR) is 126 cm³/mol. The predicted octanol–water partition coefficient (Wildman–Crippen LogP) is 4.38. The lowest BCUT2D eigenvalue weighted by atomic mass is 10.2. The van der Waals surface area contributed by atoms with E-state index in [0.717, 1.165) is 16.7 Å². The lowest BCUT2D eigenvalue weighted by Gasteiger charge is -2.13. The van der Waals surface area contributed by atoms with Gasteiger partial charge in [-0.15, -0.1) is 0 Å². The number of aromatic amines is 1. The monoisotopic (exact) mass is 459 g/mol. The van der Waals surface area contributed by atoms with Gasteiger partial charge in [-0.25, -0.2) is 9.78 Å². The van der Waals surface area contributed by atoms with Crippen LogP contribution in [0.1, 0.15) is 39.5 Å². The van der Waals surface area contributed by atoms with Crippen LogP contribution in [0.3, 0.4) is 0 Å². The van der Waals surface area contributed by atoms with E-state index in [9.17, 15) is 13.2 Å². The van der Waals surface area contributed by atoms with Gasteiger partial charge < -0.3 is 15.6 Å². The molecular weight excluding hydrogens is 430 g/mol. The molecule has 3 aromatic rings. The third kappa shape index (κ3) is 6.96. The number of carbonyl (C=O) groups is 1. The number of urea groups is 1. The molecule has 0 saturated heterocycles. The highest BCUT2D eigenvalue weighted by Crippen LogP contribution is 2.23. The van der Waals surface area contributed by atoms with Crippen molar-refractivity contribution in [2.45, 2.75) is 56.5 Å². The van der Waals surface area contributed by atoms with Crippen molar-refractivity contribution in [3.05, 3.63) is 48.5 Å². The van der Waals surface area contributed by atoms with Crippen LogP contribution in [0.25, 0.3) is 11.0 Å². The number of aromatic nitrogens is 2. The van der Waals surface area contributed by atoms with E-state index in [0.29, 0.717) is 12.0 Å². The molecule has 0 unspecified atom stereocenters. The Morgan fingerprint density at radius 3 is 2.34 bits per heavy atom. The highest BCUT2D eigenvalue weighted by Gasteiger charge is 2.15. The lowest BCUT2D eigenvalue weighted by Crippen LogP contribution is -2.34. The zero-order chi connectivity index (χ0) is 23.1. The zero-order valence-electron chi connectivity index (χ0n) is 18.1. The number of anilines is 2. The zero-order valence-corrected chi connectivity index (χ0v) is 18.9. The first-order chi connectivity index (χ1) is 15.2. The van der Waals surface area contributed by atoms with Gasteiger partial charge in [-0.05, 0) is 63.1 Å². The number of hydrogen-bond acceptors (Lipinski definition) is 5. The molecule has 1 heterocycles. The van der Waals surface area contributed by atoms with Crippen LogP contribution >= 0.6 is 0 Å². The first-order valence-corrected chi connectivity index (χ1v) is 12.0. The summed E-state index contributed by atoms with van der Waals surface area (Å²) in [6.07, 6.45) is 4.83. The summed E-state index contributed by atoms with van der Waals surface area (Å²) in [6, 6.07) is 14.1. The van der Waals surface area contributed by atoms with Crippen molar-refractivity contribution in [3.63, 3.8) is 0 Å². The van der Waals surface area contributed by atoms with Crippen LogP contribution < -0.4 is 16.0 Å². The molecule has 172 valence electrons. The number of nitrogens with zero attached hydrogens (tertiary/aromatic N) is 1. The number of amides is 2. The smallest absolute Gasteiger partial charge is 0.321 e. The highest BCUT2D eigenvalue weighted by molar-refractivity contribution is 7.85. The molecule has 0 aliphatic heterocycles. The molecule has 0 atom stereocenters. The maximum absolute atomic E-state index is 11.4. The van der Waals surface area contributed by atoms with Crippen molar-refractivity contribution in [3.8, 4) is 0 Å². The minimum absolute atomic E-state index is 0.0653. The van der Waals surface area contributed by atoms with Gasteiger partial charge in [-0.2, -0.15) is 8.42 Å². The Kier molecular flexibility index (Phi) is 7.70. The van der Waals surface area contributed by atoms with Crippen LogP contribution in [-0.2, 0) is 10.1 Å². The van der Waals surface area contributed by atoms with Crippen LogP contribution in [0.5, 0.6) is 0 Å². The molecule has 1 aliphatic rings. The lowest BCUT2D eigenvalue weighted by molar-refractivity contribution is 0.250. The first-order valence-electron chi connectivity index (χ1n) is 10.6. The summed E-state index contributed by atoms with van der Waals surface area (Å²) in [5.41, 5.74) is 2.64. The quantitative estimate of drug-likeness (QED) is 0.359.